The van der Waals surface area contributed by atoms with Crippen LogP contribution >= 0.6 is 0 Å². The third-order valence-corrected chi connectivity index (χ3v) is 3.10. The van der Waals surface area contributed by atoms with Gasteiger partial charge < -0.3 is 10.6 Å². The van der Waals surface area contributed by atoms with Crippen LogP contribution in [0.2, 0.25) is 0 Å². The first-order valence-corrected chi connectivity index (χ1v) is 6.57. The summed E-state index contributed by atoms with van der Waals surface area (Å²) in [5, 5.41) is 7.39. The molecule has 1 aromatic rings. The van der Waals surface area contributed by atoms with Crippen molar-refractivity contribution in [2.24, 2.45) is 0 Å². The molecule has 0 radical (unpaired) electrons. The lowest BCUT2D eigenvalue weighted by Gasteiger charge is -2.08. The van der Waals surface area contributed by atoms with E-state index in [2.05, 4.69) is 16.0 Å². The molecule has 3 N–H and O–H groups in total. The second-order valence-electron chi connectivity index (χ2n) is 4.64. The molecule has 0 saturated carbocycles. The zero-order chi connectivity index (χ0) is 14.4. The number of hydrogen-bond acceptors (Lipinski definition) is 3. The van der Waals surface area contributed by atoms with Gasteiger partial charge in [-0.2, -0.15) is 0 Å². The molecule has 2 rings (SSSR count). The van der Waals surface area contributed by atoms with E-state index in [1.54, 1.807) is 0 Å². The van der Waals surface area contributed by atoms with Gasteiger partial charge in [-0.05, 0) is 18.4 Å². The van der Waals surface area contributed by atoms with Crippen LogP contribution < -0.4 is 16.0 Å². The molecule has 0 spiro atoms. The minimum atomic E-state index is -0.595. The van der Waals surface area contributed by atoms with E-state index < -0.39 is 12.1 Å². The Kier molecular flexibility index (Phi) is 4.70. The average molecular weight is 275 g/mol. The van der Waals surface area contributed by atoms with Crippen LogP contribution in [-0.4, -0.2) is 30.4 Å². The van der Waals surface area contributed by atoms with Gasteiger partial charge >= 0.3 is 6.03 Å². The molecule has 1 aliphatic rings. The summed E-state index contributed by atoms with van der Waals surface area (Å²) in [6.07, 6.45) is 1.30. The summed E-state index contributed by atoms with van der Waals surface area (Å²) in [6, 6.07) is 8.78. The normalized spacial score (nSPS) is 17.5. The van der Waals surface area contributed by atoms with Crippen molar-refractivity contribution >= 4 is 17.8 Å². The van der Waals surface area contributed by atoms with Crippen molar-refractivity contribution in [1.29, 1.82) is 0 Å². The zero-order valence-electron chi connectivity index (χ0n) is 11.0. The number of rotatable bonds is 6. The smallest absolute Gasteiger partial charge is 0.322 e. The predicted octanol–water partition coefficient (Wildman–Crippen LogP) is 0.334. The molecule has 0 unspecified atom stereocenters. The quantitative estimate of drug-likeness (QED) is 0.654. The predicted molar refractivity (Wildman–Crippen MR) is 72.9 cm³/mol. The van der Waals surface area contributed by atoms with Gasteiger partial charge in [-0.3, -0.25) is 14.9 Å². The molecule has 1 heterocycles. The first-order valence-electron chi connectivity index (χ1n) is 6.57. The largest absolute Gasteiger partial charge is 0.356 e. The molecule has 20 heavy (non-hydrogen) atoms. The standard InChI is InChI=1S/C14H17N3O3/c18-12(7-6-11-13(19)17-14(20)16-11)15-9-8-10-4-2-1-3-5-10/h1-5,11H,6-9H2,(H,15,18)(H2,16,17,19,20)/t11-/m0/s1. The number of carbonyl (C=O) groups is 3. The molecule has 106 valence electrons. The highest BCUT2D eigenvalue weighted by atomic mass is 16.2. The fourth-order valence-electron chi connectivity index (χ4n) is 2.02. The van der Waals surface area contributed by atoms with Crippen LogP contribution in [0.15, 0.2) is 30.3 Å². The Hall–Kier alpha value is -2.37. The number of urea groups is 1. The summed E-state index contributed by atoms with van der Waals surface area (Å²) in [5.74, 6) is -0.484. The molecule has 4 amide bonds. The third-order valence-electron chi connectivity index (χ3n) is 3.10. The third kappa shape index (κ3) is 4.08. The maximum Gasteiger partial charge on any atom is 0.322 e. The molecule has 1 fully saturated rings. The van der Waals surface area contributed by atoms with Gasteiger partial charge in [0.05, 0.1) is 0 Å². The Balaban J connectivity index is 1.63. The first kappa shape index (κ1) is 14.0. The molecule has 1 aliphatic heterocycles. The van der Waals surface area contributed by atoms with Gasteiger partial charge in [0.1, 0.15) is 6.04 Å². The lowest BCUT2D eigenvalue weighted by atomic mass is 10.1. The minimum Gasteiger partial charge on any atom is -0.356 e. The van der Waals surface area contributed by atoms with Crippen molar-refractivity contribution in [3.8, 4) is 0 Å². The fourth-order valence-corrected chi connectivity index (χ4v) is 2.02. The molecular formula is C14H17N3O3. The van der Waals surface area contributed by atoms with Crippen molar-refractivity contribution < 1.29 is 14.4 Å². The maximum absolute atomic E-state index is 11.6. The van der Waals surface area contributed by atoms with Gasteiger partial charge in [-0.1, -0.05) is 30.3 Å². The van der Waals surface area contributed by atoms with Crippen molar-refractivity contribution in [3.63, 3.8) is 0 Å². The van der Waals surface area contributed by atoms with Crippen LogP contribution in [0.3, 0.4) is 0 Å². The lowest BCUT2D eigenvalue weighted by Crippen LogP contribution is -2.32. The van der Waals surface area contributed by atoms with Crippen LogP contribution in [0.1, 0.15) is 18.4 Å². The maximum atomic E-state index is 11.6. The van der Waals surface area contributed by atoms with Crippen LogP contribution in [0.4, 0.5) is 4.79 Å². The van der Waals surface area contributed by atoms with Crippen LogP contribution in [0.25, 0.3) is 0 Å². The second kappa shape index (κ2) is 6.70. The van der Waals surface area contributed by atoms with Gasteiger partial charge in [0.25, 0.3) is 5.91 Å². The Bertz CT molecular complexity index is 502. The number of hydrogen-bond donors (Lipinski definition) is 3. The van der Waals surface area contributed by atoms with Crippen molar-refractivity contribution in [2.75, 3.05) is 6.54 Å². The first-order chi connectivity index (χ1) is 9.65. The topological polar surface area (TPSA) is 87.3 Å². The Morgan fingerprint density at radius 2 is 1.95 bits per heavy atom. The highest BCUT2D eigenvalue weighted by Crippen LogP contribution is 2.03. The van der Waals surface area contributed by atoms with Crippen LogP contribution in [-0.2, 0) is 16.0 Å². The molecule has 1 atom stereocenters. The van der Waals surface area contributed by atoms with E-state index >= 15 is 0 Å². The summed E-state index contributed by atoms with van der Waals surface area (Å²) in [6.45, 7) is 0.562. The van der Waals surface area contributed by atoms with Gasteiger partial charge in [0.15, 0.2) is 0 Å². The number of carbonyl (C=O) groups excluding carboxylic acids is 3. The summed E-state index contributed by atoms with van der Waals surface area (Å²) >= 11 is 0. The molecule has 6 nitrogen and oxygen atoms in total. The summed E-state index contributed by atoms with van der Waals surface area (Å²) in [7, 11) is 0. The number of benzene rings is 1. The molecule has 1 aromatic carbocycles. The average Bonchev–Trinajstić information content (AvgIpc) is 2.76. The highest BCUT2D eigenvalue weighted by Gasteiger charge is 2.29. The summed E-state index contributed by atoms with van der Waals surface area (Å²) in [4.78, 5) is 33.8. The summed E-state index contributed by atoms with van der Waals surface area (Å²) in [5.41, 5.74) is 1.16. The molecule has 0 bridgehead atoms. The van der Waals surface area contributed by atoms with Crippen molar-refractivity contribution in [2.45, 2.75) is 25.3 Å². The fraction of sp³-hybridized carbons (Fsp3) is 0.357. The van der Waals surface area contributed by atoms with E-state index in [9.17, 15) is 14.4 Å². The van der Waals surface area contributed by atoms with Crippen molar-refractivity contribution in [3.05, 3.63) is 35.9 Å². The van der Waals surface area contributed by atoms with Crippen LogP contribution in [0, 0.1) is 0 Å². The Morgan fingerprint density at radius 1 is 1.20 bits per heavy atom. The molecule has 1 saturated heterocycles. The van der Waals surface area contributed by atoms with Gasteiger partial charge in [0, 0.05) is 13.0 Å². The van der Waals surface area contributed by atoms with Gasteiger partial charge in [-0.15, -0.1) is 0 Å². The molecule has 0 aliphatic carbocycles. The van der Waals surface area contributed by atoms with E-state index in [1.165, 1.54) is 0 Å². The van der Waals surface area contributed by atoms with E-state index in [1.807, 2.05) is 30.3 Å². The number of imide groups is 1. The molecule has 6 heteroatoms. The molecular weight excluding hydrogens is 258 g/mol. The Labute approximate surface area is 116 Å². The second-order valence-corrected chi connectivity index (χ2v) is 4.64. The van der Waals surface area contributed by atoms with E-state index in [4.69, 9.17) is 0 Å². The van der Waals surface area contributed by atoms with Crippen LogP contribution in [0.5, 0.6) is 0 Å². The zero-order valence-corrected chi connectivity index (χ0v) is 11.0. The number of amides is 4. The van der Waals surface area contributed by atoms with Crippen molar-refractivity contribution in [1.82, 2.24) is 16.0 Å². The summed E-state index contributed by atoms with van der Waals surface area (Å²) < 4.78 is 0. The van der Waals surface area contributed by atoms with Gasteiger partial charge in [-0.25, -0.2) is 4.79 Å². The van der Waals surface area contributed by atoms with E-state index in [0.717, 1.165) is 12.0 Å². The Morgan fingerprint density at radius 3 is 2.60 bits per heavy atom. The van der Waals surface area contributed by atoms with Gasteiger partial charge in [0.2, 0.25) is 5.91 Å². The number of nitrogens with one attached hydrogen (secondary N) is 3. The van der Waals surface area contributed by atoms with E-state index in [0.29, 0.717) is 13.0 Å². The minimum absolute atomic E-state index is 0.116. The lowest BCUT2D eigenvalue weighted by molar-refractivity contribution is -0.122. The highest BCUT2D eigenvalue weighted by molar-refractivity contribution is 6.04. The van der Waals surface area contributed by atoms with E-state index in [-0.39, 0.29) is 18.2 Å². The monoisotopic (exact) mass is 275 g/mol. The SMILES string of the molecule is O=C(CC[C@@H]1NC(=O)NC1=O)NCCc1ccccc1. The molecule has 0 aromatic heterocycles.